The van der Waals surface area contributed by atoms with Gasteiger partial charge in [0, 0.05) is 78.1 Å². The summed E-state index contributed by atoms with van der Waals surface area (Å²) < 4.78 is 19.5. The Hall–Kier alpha value is -4.55. The number of benzene rings is 3. The standard InChI is InChI=1S/C21H28ClNO7.C16H19Cl2NO3.C13H16ClNO.C5H10O4.C3H4Cl2O2.3CH4.ClH/c1-14(29-18(27)20(2,12-24)13-25)30-19(28)23(3)21(11-7-6-10-17(21)26)15-8-4-5-9-16(15)22;1-11(17)22-15(21)19(2)16(10-6-5-9-14(16)20)12-7-3-4-8-13(12)18;1-15-13(9-5-4-8-12(13)16)10-6-2-3-7-11(10)14;1-5(2-6,3-7)4(8)9;1-2(4)7-3(5)6;;;;/h4-5,8-9,14,24-25H,6-7,10-13H2,1-3H3;3-4,7-8,11H,5-6,9-10H2,1-2H3;2-3,6-7,15H,4-5,8-9H2,1H3;6-7H,2-3H2,1H3,(H,8,9);2H,1H3;3*1H4;1H/t14?,21-;11?,16-;13-;;;;;;/m000....../s1. The van der Waals surface area contributed by atoms with Crippen LogP contribution in [0.25, 0.3) is 0 Å². The normalized spacial score (nSPS) is 19.6. The number of esters is 1. The molecule has 6 rings (SSSR count). The van der Waals surface area contributed by atoms with Crippen LogP contribution in [0.2, 0.25) is 15.1 Å². The third kappa shape index (κ3) is 23.0. The molecule has 3 unspecified atom stereocenters. The number of halogens is 7. The van der Waals surface area contributed by atoms with Gasteiger partial charge in [0.1, 0.15) is 27.4 Å². The maximum absolute atomic E-state index is 13.0. The molecule has 3 aromatic rings. The molecule has 0 heterocycles. The number of carboxylic acid groups (broad SMARTS) is 1. The lowest BCUT2D eigenvalue weighted by Gasteiger charge is -2.43. The highest BCUT2D eigenvalue weighted by Gasteiger charge is 2.51. The molecule has 6 atom stereocenters. The molecule has 3 fully saturated rings. The molecule has 88 heavy (non-hydrogen) atoms. The molecule has 3 saturated carbocycles. The van der Waals surface area contributed by atoms with Gasteiger partial charge in [-0.3, -0.25) is 33.8 Å². The van der Waals surface area contributed by atoms with Crippen molar-refractivity contribution in [3.05, 3.63) is 105 Å². The molecule has 2 amide bonds. The number of amides is 2. The van der Waals surface area contributed by atoms with E-state index in [1.807, 2.05) is 37.4 Å². The zero-order chi connectivity index (χ0) is 63.8. The molecule has 0 bridgehead atoms. The number of aliphatic hydroxyl groups excluding tert-OH is 4. The second-order valence-electron chi connectivity index (χ2n) is 20.6. The van der Waals surface area contributed by atoms with Crippen LogP contribution in [0.4, 0.5) is 14.4 Å². The molecule has 6 N–H and O–H groups in total. The van der Waals surface area contributed by atoms with Crippen LogP contribution < -0.4 is 5.32 Å². The van der Waals surface area contributed by atoms with E-state index in [1.54, 1.807) is 56.4 Å². The SMILES string of the molecule is C.C.C.CC(CO)(CO)C(=O)O.CC(Cl)OC(=O)Cl.CC(Cl)OC(=O)N(C)[C@]1(c2ccccc2Cl)CCCCC1=O.CC(OC(=O)N(C)[C@]1(c2ccccc2Cl)CCCCC1=O)OC(=O)C(C)(CO)CO.CN[C@]1(c2ccccc2Cl)CCCCC1=O.Cl. The first-order valence-electron chi connectivity index (χ1n) is 26.9. The molecule has 0 saturated heterocycles. The molecule has 500 valence electrons. The summed E-state index contributed by atoms with van der Waals surface area (Å²) in [4.78, 5) is 97.7. The second kappa shape index (κ2) is 41.0. The van der Waals surface area contributed by atoms with Gasteiger partial charge in [-0.1, -0.05) is 141 Å². The highest BCUT2D eigenvalue weighted by molar-refractivity contribution is 6.61. The number of Topliss-reactive ketones (excluding diaryl/α,β-unsaturated/α-hetero) is 3. The number of nitrogens with zero attached hydrogens (tertiary/aromatic N) is 2. The van der Waals surface area contributed by atoms with E-state index in [4.69, 9.17) is 99.1 Å². The number of aliphatic carboxylic acids is 1. The van der Waals surface area contributed by atoms with Gasteiger partial charge in [-0.25, -0.2) is 14.4 Å². The average molecular weight is 1390 g/mol. The van der Waals surface area contributed by atoms with E-state index in [9.17, 15) is 48.6 Å². The molecule has 0 aliphatic heterocycles. The fourth-order valence-electron chi connectivity index (χ4n) is 9.34. The summed E-state index contributed by atoms with van der Waals surface area (Å²) in [6, 6.07) is 21.6. The van der Waals surface area contributed by atoms with Gasteiger partial charge in [0.2, 0.25) is 6.29 Å². The number of nitrogens with one attached hydrogen (secondary N) is 1. The zero-order valence-electron chi connectivity index (χ0n) is 48.7. The smallest absolute Gasteiger partial charge is 0.413 e. The highest BCUT2D eigenvalue weighted by Crippen LogP contribution is 2.44. The quantitative estimate of drug-likeness (QED) is 0.0255. The van der Waals surface area contributed by atoms with Crippen molar-refractivity contribution in [2.75, 3.05) is 47.6 Å². The van der Waals surface area contributed by atoms with Crippen molar-refractivity contribution >= 4 is 129 Å². The Labute approximate surface area is 554 Å². The Morgan fingerprint density at radius 1 is 0.557 bits per heavy atom. The maximum Gasteiger partial charge on any atom is 0.413 e. The van der Waals surface area contributed by atoms with Gasteiger partial charge in [0.05, 0.1) is 26.4 Å². The van der Waals surface area contributed by atoms with E-state index in [0.29, 0.717) is 58.3 Å². The number of hydrogen-bond donors (Lipinski definition) is 6. The van der Waals surface area contributed by atoms with Crippen LogP contribution in [0.1, 0.15) is 151 Å². The van der Waals surface area contributed by atoms with Gasteiger partial charge in [-0.05, 0) is 110 Å². The first-order chi connectivity index (χ1) is 39.4. The molecule has 3 aliphatic carbocycles. The van der Waals surface area contributed by atoms with E-state index >= 15 is 0 Å². The Balaban J connectivity index is -0.00000110. The summed E-state index contributed by atoms with van der Waals surface area (Å²) in [6.07, 6.45) is 5.50. The first-order valence-corrected chi connectivity index (χ1v) is 29.2. The number of ketones is 3. The molecule has 0 radical (unpaired) electrons. The lowest BCUT2D eigenvalue weighted by atomic mass is 9.74. The monoisotopic (exact) mass is 1380 g/mol. The number of ether oxygens (including phenoxy) is 4. The largest absolute Gasteiger partial charge is 0.481 e. The predicted molar refractivity (Wildman–Crippen MR) is 346 cm³/mol. The summed E-state index contributed by atoms with van der Waals surface area (Å²) in [6.45, 7) is 4.64. The minimum Gasteiger partial charge on any atom is -0.481 e. The van der Waals surface area contributed by atoms with Crippen molar-refractivity contribution in [2.45, 2.75) is 168 Å². The number of aliphatic hydroxyl groups is 4. The van der Waals surface area contributed by atoms with Crippen LogP contribution in [-0.4, -0.2) is 147 Å². The number of carbonyl (C=O) groups excluding carboxylic acids is 7. The first kappa shape index (κ1) is 87.7. The molecule has 20 nitrogen and oxygen atoms in total. The highest BCUT2D eigenvalue weighted by atomic mass is 35.5. The summed E-state index contributed by atoms with van der Waals surface area (Å²) in [5.74, 6) is -2.00. The number of carboxylic acids is 1. The molecule has 0 aromatic heterocycles. The number of rotatable bonds is 16. The molecule has 3 aromatic carbocycles. The Morgan fingerprint density at radius 2 is 0.898 bits per heavy atom. The van der Waals surface area contributed by atoms with Crippen LogP contribution in [0.3, 0.4) is 0 Å². The molecular weight excluding hydrogens is 1290 g/mol. The van der Waals surface area contributed by atoms with E-state index in [-0.39, 0.29) is 52.0 Å². The summed E-state index contributed by atoms with van der Waals surface area (Å²) in [5, 5.41) is 48.4. The van der Waals surface area contributed by atoms with E-state index < -0.39 is 101 Å². The third-order valence-electron chi connectivity index (χ3n) is 14.5. The zero-order valence-corrected chi connectivity index (χ0v) is 54.0. The maximum atomic E-state index is 13.0. The van der Waals surface area contributed by atoms with Crippen molar-refractivity contribution in [1.82, 2.24) is 15.1 Å². The van der Waals surface area contributed by atoms with Crippen LogP contribution in [-0.2, 0) is 59.5 Å². The predicted octanol–water partition coefficient (Wildman–Crippen LogP) is 13.2. The van der Waals surface area contributed by atoms with Crippen LogP contribution >= 0.6 is 82.0 Å². The van der Waals surface area contributed by atoms with Crippen LogP contribution in [0, 0.1) is 10.8 Å². The van der Waals surface area contributed by atoms with Crippen molar-refractivity contribution in [1.29, 1.82) is 0 Å². The minimum absolute atomic E-state index is 0. The number of carbonyl (C=O) groups is 8. The molecular formula is C61H90Cl7N3O17. The summed E-state index contributed by atoms with van der Waals surface area (Å²) in [5.41, 5.74) is -6.02. The summed E-state index contributed by atoms with van der Waals surface area (Å²) >= 11 is 34.5. The fourth-order valence-corrected chi connectivity index (χ4v) is 10.6. The van der Waals surface area contributed by atoms with Crippen molar-refractivity contribution < 1.29 is 82.8 Å². The second-order valence-corrected chi connectivity index (χ2v) is 23.3. The van der Waals surface area contributed by atoms with Crippen molar-refractivity contribution in [3.8, 4) is 0 Å². The lowest BCUT2D eigenvalue weighted by molar-refractivity contribution is -0.183. The average Bonchev–Trinajstić information content (AvgIpc) is 1.57. The van der Waals surface area contributed by atoms with Gasteiger partial charge in [-0.2, -0.15) is 0 Å². The fraction of sp³-hybridized carbons (Fsp3) is 0.574. The minimum atomic E-state index is -1.52. The van der Waals surface area contributed by atoms with Gasteiger partial charge in [0.15, 0.2) is 28.5 Å². The number of hydrogen-bond acceptors (Lipinski definition) is 17. The van der Waals surface area contributed by atoms with Crippen molar-refractivity contribution in [2.24, 2.45) is 10.8 Å². The Kier molecular flexibility index (Phi) is 40.9. The Bertz CT molecular complexity index is 2700. The van der Waals surface area contributed by atoms with Gasteiger partial charge >= 0.3 is 29.6 Å². The number of alkyl halides is 2. The molecule has 0 spiro atoms. The van der Waals surface area contributed by atoms with E-state index in [0.717, 1.165) is 50.5 Å². The van der Waals surface area contributed by atoms with Crippen LogP contribution in [0.5, 0.6) is 0 Å². The number of likely N-dealkylation sites (N-methyl/N-ethyl adjacent to an activating group) is 3. The van der Waals surface area contributed by atoms with E-state index in [2.05, 4.69) is 10.1 Å². The van der Waals surface area contributed by atoms with E-state index in [1.165, 1.54) is 44.5 Å². The summed E-state index contributed by atoms with van der Waals surface area (Å²) in [7, 11) is 4.86. The Morgan fingerprint density at radius 3 is 1.18 bits per heavy atom. The lowest BCUT2D eigenvalue weighted by Crippen LogP contribution is -2.55. The topological polar surface area (TPSA) is 293 Å². The third-order valence-corrected chi connectivity index (χ3v) is 15.8. The van der Waals surface area contributed by atoms with Crippen molar-refractivity contribution in [3.63, 3.8) is 0 Å². The van der Waals surface area contributed by atoms with Gasteiger partial charge < -0.3 is 49.8 Å². The molecule has 3 aliphatic rings. The molecule has 27 heteroatoms. The van der Waals surface area contributed by atoms with Gasteiger partial charge in [-0.15, -0.1) is 12.4 Å². The van der Waals surface area contributed by atoms with Crippen LogP contribution in [0.15, 0.2) is 72.8 Å². The van der Waals surface area contributed by atoms with Gasteiger partial charge in [0.25, 0.3) is 0 Å².